The summed E-state index contributed by atoms with van der Waals surface area (Å²) in [5, 5.41) is 2.86. The lowest BCUT2D eigenvalue weighted by Crippen LogP contribution is -2.48. The number of ether oxygens (including phenoxy) is 1. The Bertz CT molecular complexity index is 791. The summed E-state index contributed by atoms with van der Waals surface area (Å²) < 4.78 is 33.3. The fourth-order valence-corrected chi connectivity index (χ4v) is 5.13. The summed E-state index contributed by atoms with van der Waals surface area (Å²) in [6.07, 6.45) is -0.280. The first-order chi connectivity index (χ1) is 11.0. The number of aryl methyl sites for hydroxylation is 1. The monoisotopic (exact) mass is 352 g/mol. The van der Waals surface area contributed by atoms with Crippen molar-refractivity contribution in [3.63, 3.8) is 0 Å². The summed E-state index contributed by atoms with van der Waals surface area (Å²) in [6.45, 7) is 9.86. The van der Waals surface area contributed by atoms with E-state index in [1.165, 1.54) is 4.31 Å². The third-order valence-corrected chi connectivity index (χ3v) is 6.62. The lowest BCUT2D eigenvalue weighted by Gasteiger charge is -2.34. The van der Waals surface area contributed by atoms with Crippen molar-refractivity contribution in [1.29, 1.82) is 0 Å². The van der Waals surface area contributed by atoms with Crippen molar-refractivity contribution < 1.29 is 17.9 Å². The minimum absolute atomic E-state index is 0.108. The van der Waals surface area contributed by atoms with Crippen LogP contribution in [-0.2, 0) is 25.0 Å². The van der Waals surface area contributed by atoms with Crippen LogP contribution in [0.4, 0.5) is 5.69 Å². The van der Waals surface area contributed by atoms with Crippen LogP contribution >= 0.6 is 0 Å². The van der Waals surface area contributed by atoms with E-state index in [0.29, 0.717) is 13.1 Å². The van der Waals surface area contributed by atoms with Crippen molar-refractivity contribution in [3.8, 4) is 0 Å². The molecule has 1 aromatic carbocycles. The summed E-state index contributed by atoms with van der Waals surface area (Å²) >= 11 is 0. The topological polar surface area (TPSA) is 75.7 Å². The van der Waals surface area contributed by atoms with Gasteiger partial charge in [-0.3, -0.25) is 4.79 Å². The SMILES string of the molecule is Cc1cc(S(=O)(=O)N2C[C@H](C)O[C@@H](C)C2)cc2c1NC(=O)C2(C)C. The van der Waals surface area contributed by atoms with E-state index in [9.17, 15) is 13.2 Å². The number of amides is 1. The molecule has 0 aliphatic carbocycles. The van der Waals surface area contributed by atoms with Gasteiger partial charge in [-0.2, -0.15) is 4.31 Å². The third kappa shape index (κ3) is 2.64. The molecule has 3 rings (SSSR count). The van der Waals surface area contributed by atoms with Gasteiger partial charge in [-0.1, -0.05) is 0 Å². The van der Waals surface area contributed by atoms with Crippen molar-refractivity contribution in [2.75, 3.05) is 18.4 Å². The van der Waals surface area contributed by atoms with Crippen molar-refractivity contribution in [1.82, 2.24) is 4.31 Å². The van der Waals surface area contributed by atoms with E-state index in [1.807, 2.05) is 34.6 Å². The highest BCUT2D eigenvalue weighted by Crippen LogP contribution is 2.41. The number of benzene rings is 1. The molecule has 0 unspecified atom stereocenters. The molecule has 0 spiro atoms. The Morgan fingerprint density at radius 3 is 2.38 bits per heavy atom. The molecule has 24 heavy (non-hydrogen) atoms. The number of sulfonamides is 1. The molecule has 2 aliphatic heterocycles. The van der Waals surface area contributed by atoms with Gasteiger partial charge in [-0.25, -0.2) is 8.42 Å². The van der Waals surface area contributed by atoms with Gasteiger partial charge in [0.05, 0.1) is 22.5 Å². The molecular formula is C17H24N2O4S. The summed E-state index contributed by atoms with van der Waals surface area (Å²) in [5.74, 6) is -0.108. The second kappa shape index (κ2) is 5.54. The smallest absolute Gasteiger partial charge is 0.243 e. The van der Waals surface area contributed by atoms with Crippen molar-refractivity contribution >= 4 is 21.6 Å². The highest BCUT2D eigenvalue weighted by atomic mass is 32.2. The van der Waals surface area contributed by atoms with E-state index in [2.05, 4.69) is 5.32 Å². The minimum Gasteiger partial charge on any atom is -0.373 e. The zero-order valence-electron chi connectivity index (χ0n) is 14.7. The molecular weight excluding hydrogens is 328 g/mol. The Labute approximate surface area is 143 Å². The second-order valence-corrected chi connectivity index (χ2v) is 9.26. The van der Waals surface area contributed by atoms with Gasteiger partial charge in [-0.15, -0.1) is 0 Å². The van der Waals surface area contributed by atoms with Crippen LogP contribution in [0, 0.1) is 6.92 Å². The first kappa shape index (κ1) is 17.4. The standard InChI is InChI=1S/C17H24N2O4S/c1-10-6-13(7-14-15(10)18-16(20)17(14,4)5)24(21,22)19-8-11(2)23-12(3)9-19/h6-7,11-12H,8-9H2,1-5H3,(H,18,20)/t11-,12-/m0/s1. The van der Waals surface area contributed by atoms with E-state index >= 15 is 0 Å². The molecule has 132 valence electrons. The van der Waals surface area contributed by atoms with Gasteiger partial charge in [0, 0.05) is 18.8 Å². The highest BCUT2D eigenvalue weighted by Gasteiger charge is 2.41. The number of nitrogens with zero attached hydrogens (tertiary/aromatic N) is 1. The van der Waals surface area contributed by atoms with Crippen LogP contribution in [0.2, 0.25) is 0 Å². The Kier molecular flexibility index (Phi) is 4.01. The Morgan fingerprint density at radius 1 is 1.21 bits per heavy atom. The van der Waals surface area contributed by atoms with E-state index in [1.54, 1.807) is 12.1 Å². The molecule has 0 bridgehead atoms. The van der Waals surface area contributed by atoms with Crippen LogP contribution in [-0.4, -0.2) is 43.9 Å². The predicted molar refractivity (Wildman–Crippen MR) is 91.6 cm³/mol. The van der Waals surface area contributed by atoms with E-state index in [4.69, 9.17) is 4.74 Å². The second-order valence-electron chi connectivity index (χ2n) is 7.32. The van der Waals surface area contributed by atoms with Crippen LogP contribution in [0.25, 0.3) is 0 Å². The van der Waals surface area contributed by atoms with Gasteiger partial charge >= 0.3 is 0 Å². The molecule has 1 fully saturated rings. The molecule has 2 atom stereocenters. The van der Waals surface area contributed by atoms with Crippen LogP contribution in [0.3, 0.4) is 0 Å². The number of hydrogen-bond acceptors (Lipinski definition) is 4. The number of fused-ring (bicyclic) bond motifs is 1. The fraction of sp³-hybridized carbons (Fsp3) is 0.588. The van der Waals surface area contributed by atoms with Crippen molar-refractivity contribution in [2.45, 2.75) is 57.1 Å². The number of carbonyl (C=O) groups excluding carboxylic acids is 1. The molecule has 1 N–H and O–H groups in total. The van der Waals surface area contributed by atoms with Crippen molar-refractivity contribution in [3.05, 3.63) is 23.3 Å². The molecule has 0 saturated carbocycles. The lowest BCUT2D eigenvalue weighted by atomic mass is 9.85. The van der Waals surface area contributed by atoms with Crippen LogP contribution < -0.4 is 5.32 Å². The molecule has 1 amide bonds. The maximum Gasteiger partial charge on any atom is 0.243 e. The number of nitrogens with one attached hydrogen (secondary N) is 1. The molecule has 1 saturated heterocycles. The van der Waals surface area contributed by atoms with Crippen molar-refractivity contribution in [2.24, 2.45) is 0 Å². The Morgan fingerprint density at radius 2 is 1.79 bits per heavy atom. The zero-order chi connectivity index (χ0) is 17.9. The summed E-state index contributed by atoms with van der Waals surface area (Å²) in [6, 6.07) is 3.28. The highest BCUT2D eigenvalue weighted by molar-refractivity contribution is 7.89. The summed E-state index contributed by atoms with van der Waals surface area (Å²) in [5.41, 5.74) is 1.49. The van der Waals surface area contributed by atoms with E-state index < -0.39 is 15.4 Å². The van der Waals surface area contributed by atoms with Crippen LogP contribution in [0.15, 0.2) is 17.0 Å². The van der Waals surface area contributed by atoms with E-state index in [0.717, 1.165) is 16.8 Å². The summed E-state index contributed by atoms with van der Waals surface area (Å²) in [4.78, 5) is 12.4. The van der Waals surface area contributed by atoms with Crippen LogP contribution in [0.1, 0.15) is 38.8 Å². The molecule has 0 aromatic heterocycles. The van der Waals surface area contributed by atoms with E-state index in [-0.39, 0.29) is 23.0 Å². The van der Waals surface area contributed by atoms with Gasteiger partial charge in [0.2, 0.25) is 15.9 Å². The Hall–Kier alpha value is -1.44. The van der Waals surface area contributed by atoms with Crippen LogP contribution in [0.5, 0.6) is 0 Å². The lowest BCUT2D eigenvalue weighted by molar-refractivity contribution is -0.119. The normalized spacial score (nSPS) is 27.0. The predicted octanol–water partition coefficient (Wildman–Crippen LogP) is 2.02. The summed E-state index contributed by atoms with van der Waals surface area (Å²) in [7, 11) is -3.63. The minimum atomic E-state index is -3.63. The molecule has 0 radical (unpaired) electrons. The maximum absolute atomic E-state index is 13.1. The average molecular weight is 352 g/mol. The quantitative estimate of drug-likeness (QED) is 0.883. The molecule has 2 aliphatic rings. The maximum atomic E-state index is 13.1. The van der Waals surface area contributed by atoms with Gasteiger partial charge in [0.25, 0.3) is 0 Å². The first-order valence-corrected chi connectivity index (χ1v) is 9.59. The van der Waals surface area contributed by atoms with Gasteiger partial charge in [0.1, 0.15) is 0 Å². The fourth-order valence-electron chi connectivity index (χ4n) is 3.43. The molecule has 7 heteroatoms. The number of morpholine rings is 1. The molecule has 1 aromatic rings. The molecule has 6 nitrogen and oxygen atoms in total. The van der Waals surface area contributed by atoms with Gasteiger partial charge < -0.3 is 10.1 Å². The number of rotatable bonds is 2. The zero-order valence-corrected chi connectivity index (χ0v) is 15.5. The number of carbonyl (C=O) groups is 1. The Balaban J connectivity index is 2.06. The average Bonchev–Trinajstić information content (AvgIpc) is 2.69. The first-order valence-electron chi connectivity index (χ1n) is 8.15. The number of hydrogen-bond donors (Lipinski definition) is 1. The number of anilines is 1. The van der Waals surface area contributed by atoms with Gasteiger partial charge in [0.15, 0.2) is 0 Å². The third-order valence-electron chi connectivity index (χ3n) is 4.81. The van der Waals surface area contributed by atoms with Gasteiger partial charge in [-0.05, 0) is 57.9 Å². The molecule has 2 heterocycles. The largest absolute Gasteiger partial charge is 0.373 e.